The summed E-state index contributed by atoms with van der Waals surface area (Å²) in [5.41, 5.74) is 2.90. The summed E-state index contributed by atoms with van der Waals surface area (Å²) in [5.74, 6) is -0.372. The van der Waals surface area contributed by atoms with E-state index in [0.717, 1.165) is 11.3 Å². The van der Waals surface area contributed by atoms with E-state index in [1.165, 1.54) is 42.2 Å². The van der Waals surface area contributed by atoms with E-state index in [2.05, 4.69) is 15.5 Å². The van der Waals surface area contributed by atoms with Crippen molar-refractivity contribution in [1.29, 1.82) is 0 Å². The first-order valence-corrected chi connectivity index (χ1v) is 10.5. The van der Waals surface area contributed by atoms with Crippen LogP contribution in [0.5, 0.6) is 0 Å². The molecule has 0 radical (unpaired) electrons. The van der Waals surface area contributed by atoms with Crippen molar-refractivity contribution in [1.82, 2.24) is 14.6 Å². The Morgan fingerprint density at radius 2 is 1.83 bits per heavy atom. The molecule has 0 aliphatic heterocycles. The summed E-state index contributed by atoms with van der Waals surface area (Å²) in [7, 11) is 0. The molecular formula is C20H15FN4O2S2. The van der Waals surface area contributed by atoms with Gasteiger partial charge in [-0.3, -0.25) is 14.0 Å². The minimum absolute atomic E-state index is 0.0259. The van der Waals surface area contributed by atoms with Gasteiger partial charge in [-0.1, -0.05) is 11.8 Å². The molecule has 0 fully saturated rings. The second kappa shape index (κ2) is 8.14. The lowest BCUT2D eigenvalue weighted by molar-refractivity contribution is -0.113. The predicted octanol–water partition coefficient (Wildman–Crippen LogP) is 4.53. The van der Waals surface area contributed by atoms with Gasteiger partial charge >= 0.3 is 0 Å². The van der Waals surface area contributed by atoms with Crippen molar-refractivity contribution in [2.45, 2.75) is 12.1 Å². The van der Waals surface area contributed by atoms with Crippen LogP contribution in [0.2, 0.25) is 0 Å². The maximum atomic E-state index is 13.2. The molecule has 0 saturated carbocycles. The largest absolute Gasteiger partial charge is 0.325 e. The molecule has 29 heavy (non-hydrogen) atoms. The molecule has 0 unspecified atom stereocenters. The summed E-state index contributed by atoms with van der Waals surface area (Å²) >= 11 is 2.69. The molecule has 0 atom stereocenters. The van der Waals surface area contributed by atoms with Crippen molar-refractivity contribution in [2.24, 2.45) is 0 Å². The normalized spacial score (nSPS) is 11.0. The Morgan fingerprint density at radius 1 is 1.10 bits per heavy atom. The van der Waals surface area contributed by atoms with E-state index >= 15 is 0 Å². The number of nitrogens with zero attached hydrogens (tertiary/aromatic N) is 3. The van der Waals surface area contributed by atoms with E-state index in [9.17, 15) is 14.0 Å². The number of halogens is 1. The molecule has 0 bridgehead atoms. The summed E-state index contributed by atoms with van der Waals surface area (Å²) in [6, 6.07) is 12.9. The van der Waals surface area contributed by atoms with Gasteiger partial charge in [0.05, 0.1) is 11.4 Å². The number of fused-ring (bicyclic) bond motifs is 1. The molecule has 0 spiro atoms. The van der Waals surface area contributed by atoms with Gasteiger partial charge < -0.3 is 5.32 Å². The highest BCUT2D eigenvalue weighted by molar-refractivity contribution is 7.99. The molecular weight excluding hydrogens is 411 g/mol. The third kappa shape index (κ3) is 4.20. The summed E-state index contributed by atoms with van der Waals surface area (Å²) in [4.78, 5) is 24.3. The smallest absolute Gasteiger partial charge is 0.234 e. The van der Waals surface area contributed by atoms with E-state index in [0.29, 0.717) is 21.4 Å². The zero-order valence-electron chi connectivity index (χ0n) is 15.3. The molecule has 6 nitrogen and oxygen atoms in total. The van der Waals surface area contributed by atoms with Gasteiger partial charge in [0.15, 0.2) is 10.9 Å². The first-order valence-electron chi connectivity index (χ1n) is 8.63. The molecule has 0 saturated heterocycles. The second-order valence-electron chi connectivity index (χ2n) is 6.20. The Balaban J connectivity index is 1.47. The van der Waals surface area contributed by atoms with Gasteiger partial charge in [-0.15, -0.1) is 21.5 Å². The molecule has 2 aromatic heterocycles. The summed E-state index contributed by atoms with van der Waals surface area (Å²) < 4.78 is 15.1. The fraction of sp³-hybridized carbons (Fsp3) is 0.100. The molecule has 9 heteroatoms. The Kier molecular flexibility index (Phi) is 5.41. The first-order chi connectivity index (χ1) is 14.0. The topological polar surface area (TPSA) is 76.4 Å². The predicted molar refractivity (Wildman–Crippen MR) is 112 cm³/mol. The maximum Gasteiger partial charge on any atom is 0.234 e. The first kappa shape index (κ1) is 19.3. The van der Waals surface area contributed by atoms with Crippen LogP contribution in [-0.2, 0) is 4.79 Å². The molecule has 0 aliphatic carbocycles. The quantitative estimate of drug-likeness (QED) is 0.362. The highest BCUT2D eigenvalue weighted by Crippen LogP contribution is 2.30. The van der Waals surface area contributed by atoms with Gasteiger partial charge in [0.25, 0.3) is 0 Å². The third-order valence-electron chi connectivity index (χ3n) is 4.17. The number of aromatic nitrogens is 3. The monoisotopic (exact) mass is 426 g/mol. The number of hydrogen-bond acceptors (Lipinski definition) is 6. The van der Waals surface area contributed by atoms with Crippen LogP contribution in [0, 0.1) is 5.82 Å². The lowest BCUT2D eigenvalue weighted by Gasteiger charge is -2.06. The summed E-state index contributed by atoms with van der Waals surface area (Å²) in [5, 5.41) is 13.6. The van der Waals surface area contributed by atoms with Gasteiger partial charge in [-0.25, -0.2) is 4.39 Å². The second-order valence-corrected chi connectivity index (χ2v) is 7.98. The maximum absolute atomic E-state index is 13.2. The van der Waals surface area contributed by atoms with Crippen LogP contribution in [0.1, 0.15) is 17.3 Å². The highest BCUT2D eigenvalue weighted by atomic mass is 32.2. The van der Waals surface area contributed by atoms with Crippen LogP contribution in [-0.4, -0.2) is 32.0 Å². The number of thiazole rings is 1. The zero-order chi connectivity index (χ0) is 20.4. The Bertz CT molecular complexity index is 1180. The van der Waals surface area contributed by atoms with E-state index in [1.54, 1.807) is 36.4 Å². The molecule has 0 aliphatic rings. The van der Waals surface area contributed by atoms with Crippen molar-refractivity contribution in [3.63, 3.8) is 0 Å². The number of Topliss-reactive ketones (excluding diaryl/α,β-unsaturated/α-hetero) is 1. The molecule has 4 aromatic rings. The number of benzene rings is 2. The highest BCUT2D eigenvalue weighted by Gasteiger charge is 2.15. The average molecular weight is 426 g/mol. The van der Waals surface area contributed by atoms with Gasteiger partial charge in [-0.2, -0.15) is 0 Å². The minimum Gasteiger partial charge on any atom is -0.325 e. The van der Waals surface area contributed by atoms with Crippen molar-refractivity contribution in [3.05, 3.63) is 65.3 Å². The molecule has 2 aromatic carbocycles. The van der Waals surface area contributed by atoms with E-state index < -0.39 is 0 Å². The lowest BCUT2D eigenvalue weighted by Crippen LogP contribution is -2.14. The summed E-state index contributed by atoms with van der Waals surface area (Å²) in [6.45, 7) is 1.49. The van der Waals surface area contributed by atoms with Crippen molar-refractivity contribution in [2.75, 3.05) is 11.1 Å². The fourth-order valence-electron chi connectivity index (χ4n) is 2.73. The zero-order valence-corrected chi connectivity index (χ0v) is 16.9. The molecule has 1 N–H and O–H groups in total. The number of ketones is 1. The van der Waals surface area contributed by atoms with E-state index in [-0.39, 0.29) is 23.3 Å². The molecule has 2 heterocycles. The number of nitrogens with one attached hydrogen (secondary N) is 1. The minimum atomic E-state index is -0.299. The fourth-order valence-corrected chi connectivity index (χ4v) is 4.37. The Labute approximate surface area is 173 Å². The van der Waals surface area contributed by atoms with Crippen LogP contribution >= 0.6 is 23.1 Å². The van der Waals surface area contributed by atoms with E-state index in [1.807, 2.05) is 9.78 Å². The number of rotatable bonds is 6. The third-order valence-corrected chi connectivity index (χ3v) is 5.91. The van der Waals surface area contributed by atoms with Gasteiger partial charge in [0.2, 0.25) is 10.9 Å². The van der Waals surface area contributed by atoms with Crippen LogP contribution in [0.15, 0.2) is 59.1 Å². The molecule has 1 amide bonds. The molecule has 146 valence electrons. The van der Waals surface area contributed by atoms with Crippen molar-refractivity contribution in [3.8, 4) is 11.3 Å². The number of carbonyl (C=O) groups excluding carboxylic acids is 2. The lowest BCUT2D eigenvalue weighted by atomic mass is 10.1. The van der Waals surface area contributed by atoms with Crippen LogP contribution in [0.4, 0.5) is 10.1 Å². The average Bonchev–Trinajstić information content (AvgIpc) is 3.30. The Morgan fingerprint density at radius 3 is 2.52 bits per heavy atom. The number of anilines is 1. The van der Waals surface area contributed by atoms with Gasteiger partial charge in [0.1, 0.15) is 5.82 Å². The van der Waals surface area contributed by atoms with Crippen LogP contribution in [0.3, 0.4) is 0 Å². The number of hydrogen-bond donors (Lipinski definition) is 1. The van der Waals surface area contributed by atoms with Crippen molar-refractivity contribution < 1.29 is 14.0 Å². The van der Waals surface area contributed by atoms with E-state index in [4.69, 9.17) is 0 Å². The number of thioether (sulfide) groups is 1. The van der Waals surface area contributed by atoms with Crippen LogP contribution in [0.25, 0.3) is 16.2 Å². The standard InChI is InChI=1S/C20H15FN4O2S2/c1-12(26)13-4-8-16(9-5-13)22-18(27)11-29-20-24-23-19-25(20)17(10-28-19)14-2-6-15(21)7-3-14/h2-10H,11H2,1H3,(H,22,27). The molecule has 4 rings (SSSR count). The van der Waals surface area contributed by atoms with Gasteiger partial charge in [0, 0.05) is 16.6 Å². The number of amides is 1. The Hall–Kier alpha value is -3.04. The van der Waals surface area contributed by atoms with Crippen molar-refractivity contribution >= 4 is 45.4 Å². The summed E-state index contributed by atoms with van der Waals surface area (Å²) in [6.07, 6.45) is 0. The van der Waals surface area contributed by atoms with Gasteiger partial charge in [-0.05, 0) is 61.0 Å². The number of carbonyl (C=O) groups is 2. The SMILES string of the molecule is CC(=O)c1ccc(NC(=O)CSc2nnc3scc(-c4ccc(F)cc4)n23)cc1. The van der Waals surface area contributed by atoms with Crippen LogP contribution < -0.4 is 5.32 Å².